The van der Waals surface area contributed by atoms with Crippen molar-refractivity contribution < 1.29 is 28.1 Å². The number of hydrogen-bond acceptors (Lipinski definition) is 10. The highest BCUT2D eigenvalue weighted by Crippen LogP contribution is 2.36. The first-order valence-corrected chi connectivity index (χ1v) is 12.5. The molecule has 2 aromatic heterocycles. The van der Waals surface area contributed by atoms with E-state index in [1.54, 1.807) is 12.1 Å². The summed E-state index contributed by atoms with van der Waals surface area (Å²) in [5.41, 5.74) is 1.94. The molecular formula is C25H28ClFN6O5. The molecule has 1 amide bonds. The van der Waals surface area contributed by atoms with Gasteiger partial charge < -0.3 is 34.5 Å². The average molecular weight is 547 g/mol. The van der Waals surface area contributed by atoms with Gasteiger partial charge in [-0.2, -0.15) is 0 Å². The molecule has 2 aliphatic heterocycles. The second-order valence-corrected chi connectivity index (χ2v) is 9.34. The minimum Gasteiger partial charge on any atom is -0.473 e. The fourth-order valence-corrected chi connectivity index (χ4v) is 4.69. The molecular weight excluding hydrogens is 519 g/mol. The van der Waals surface area contributed by atoms with Crippen LogP contribution in [0.4, 0.5) is 15.9 Å². The molecule has 0 unspecified atom stereocenters. The smallest absolute Gasteiger partial charge is 0.272 e. The molecule has 2 N–H and O–H groups in total. The molecule has 0 saturated carbocycles. The Morgan fingerprint density at radius 1 is 1.24 bits per heavy atom. The summed E-state index contributed by atoms with van der Waals surface area (Å²) in [6.07, 6.45) is -0.619. The summed E-state index contributed by atoms with van der Waals surface area (Å²) in [6, 6.07) is 5.51. The van der Waals surface area contributed by atoms with Gasteiger partial charge in [0.25, 0.3) is 11.8 Å². The van der Waals surface area contributed by atoms with E-state index in [4.69, 9.17) is 35.5 Å². The van der Waals surface area contributed by atoms with Gasteiger partial charge in [-0.15, -0.1) is 0 Å². The van der Waals surface area contributed by atoms with Crippen LogP contribution in [0.5, 0.6) is 5.88 Å². The number of rotatable bonds is 8. The number of carbonyl (C=O) groups is 1. The molecule has 1 saturated heterocycles. The van der Waals surface area contributed by atoms with Crippen LogP contribution in [0.1, 0.15) is 29.0 Å². The number of morpholine rings is 1. The lowest BCUT2D eigenvalue weighted by molar-refractivity contribution is -0.0974. The zero-order chi connectivity index (χ0) is 26.8. The highest BCUT2D eigenvalue weighted by molar-refractivity contribution is 6.29. The maximum Gasteiger partial charge on any atom is 0.272 e. The van der Waals surface area contributed by atoms with E-state index in [2.05, 4.69) is 25.5 Å². The van der Waals surface area contributed by atoms with Crippen LogP contribution in [0, 0.1) is 5.82 Å². The Morgan fingerprint density at radius 2 is 2.05 bits per heavy atom. The fourth-order valence-electron chi connectivity index (χ4n) is 4.54. The average Bonchev–Trinajstić information content (AvgIpc) is 2.92. The third kappa shape index (κ3) is 5.30. The molecule has 0 aliphatic carbocycles. The van der Waals surface area contributed by atoms with E-state index >= 15 is 0 Å². The van der Waals surface area contributed by atoms with Gasteiger partial charge in [-0.3, -0.25) is 4.79 Å². The number of hydrogen-bond donors (Lipinski definition) is 2. The number of ether oxygens (including phenoxy) is 4. The van der Waals surface area contributed by atoms with Gasteiger partial charge in [0.15, 0.2) is 17.8 Å². The third-order valence-corrected chi connectivity index (χ3v) is 6.71. The van der Waals surface area contributed by atoms with Crippen LogP contribution in [0.15, 0.2) is 24.3 Å². The molecule has 0 radical (unpaired) electrons. The predicted molar refractivity (Wildman–Crippen MR) is 138 cm³/mol. The van der Waals surface area contributed by atoms with E-state index in [1.165, 1.54) is 26.4 Å². The molecule has 1 fully saturated rings. The monoisotopic (exact) mass is 546 g/mol. The van der Waals surface area contributed by atoms with E-state index in [1.807, 2.05) is 6.92 Å². The Morgan fingerprint density at radius 3 is 2.84 bits per heavy atom. The highest BCUT2D eigenvalue weighted by atomic mass is 35.5. The standard InChI is InChI=1S/C25H28ClFN6O5/c1-13(29-17-4-5-19(26)31-22(17)24(34)28-10-20(35-2)36-3)16-8-14(27)9-18-21(16)32-23-25(30-18)38-12-15-11-37-7-6-33(15)23/h4-5,8-9,13,15,20,29H,6-7,10-12H2,1-3H3,(H,28,34)/t13-,15+/m1/s1. The maximum atomic E-state index is 14.7. The number of pyridine rings is 1. The molecule has 38 heavy (non-hydrogen) atoms. The molecule has 0 bridgehead atoms. The highest BCUT2D eigenvalue weighted by Gasteiger charge is 2.33. The quantitative estimate of drug-likeness (QED) is 0.322. The Kier molecular flexibility index (Phi) is 7.75. The Bertz CT molecular complexity index is 1340. The minimum absolute atomic E-state index is 0.0412. The summed E-state index contributed by atoms with van der Waals surface area (Å²) in [7, 11) is 2.95. The summed E-state index contributed by atoms with van der Waals surface area (Å²) in [4.78, 5) is 28.7. The summed E-state index contributed by atoms with van der Waals surface area (Å²) in [5.74, 6) is 0.0397. The number of halogens is 2. The molecule has 202 valence electrons. The summed E-state index contributed by atoms with van der Waals surface area (Å²) in [6.45, 7) is 4.15. The molecule has 2 aliphatic rings. The fraction of sp³-hybridized carbons (Fsp3) is 0.440. The van der Waals surface area contributed by atoms with Crippen LogP contribution in [0.25, 0.3) is 11.0 Å². The lowest BCUT2D eigenvalue weighted by Gasteiger charge is -2.39. The van der Waals surface area contributed by atoms with Crippen LogP contribution >= 0.6 is 11.6 Å². The first-order valence-electron chi connectivity index (χ1n) is 12.1. The van der Waals surface area contributed by atoms with E-state index < -0.39 is 24.1 Å². The summed E-state index contributed by atoms with van der Waals surface area (Å²) in [5, 5.41) is 6.13. The van der Waals surface area contributed by atoms with Crippen molar-refractivity contribution in [3.05, 3.63) is 46.5 Å². The number of aromatic nitrogens is 3. The second-order valence-electron chi connectivity index (χ2n) is 8.96. The first-order chi connectivity index (χ1) is 18.4. The number of fused-ring (bicyclic) bond motifs is 4. The lowest BCUT2D eigenvalue weighted by atomic mass is 10.0. The van der Waals surface area contributed by atoms with Crippen molar-refractivity contribution in [1.82, 2.24) is 20.3 Å². The number of nitrogens with one attached hydrogen (secondary N) is 2. The van der Waals surface area contributed by atoms with Crippen LogP contribution in [-0.4, -0.2) is 80.3 Å². The molecule has 13 heteroatoms. The second kappa shape index (κ2) is 11.2. The molecule has 11 nitrogen and oxygen atoms in total. The van der Waals surface area contributed by atoms with Crippen LogP contribution < -0.4 is 20.3 Å². The van der Waals surface area contributed by atoms with E-state index in [-0.39, 0.29) is 23.4 Å². The number of amides is 1. The van der Waals surface area contributed by atoms with Crippen molar-refractivity contribution >= 4 is 40.0 Å². The van der Waals surface area contributed by atoms with Gasteiger partial charge in [-0.25, -0.2) is 19.3 Å². The molecule has 0 spiro atoms. The number of anilines is 2. The normalized spacial score (nSPS) is 17.5. The van der Waals surface area contributed by atoms with Crippen molar-refractivity contribution in [2.24, 2.45) is 0 Å². The molecule has 1 aromatic carbocycles. The molecule has 5 rings (SSSR count). The maximum absolute atomic E-state index is 14.7. The molecule has 4 heterocycles. The zero-order valence-electron chi connectivity index (χ0n) is 21.2. The van der Waals surface area contributed by atoms with Gasteiger partial charge in [0, 0.05) is 32.4 Å². The largest absolute Gasteiger partial charge is 0.473 e. The van der Waals surface area contributed by atoms with Crippen molar-refractivity contribution in [2.75, 3.05) is 57.3 Å². The van der Waals surface area contributed by atoms with Crippen molar-refractivity contribution in [3.63, 3.8) is 0 Å². The van der Waals surface area contributed by atoms with Gasteiger partial charge in [0.1, 0.15) is 17.6 Å². The zero-order valence-corrected chi connectivity index (χ0v) is 21.9. The van der Waals surface area contributed by atoms with Crippen LogP contribution in [0.2, 0.25) is 5.15 Å². The summed E-state index contributed by atoms with van der Waals surface area (Å²) >= 11 is 6.09. The van der Waals surface area contributed by atoms with Gasteiger partial charge in [0.2, 0.25) is 0 Å². The predicted octanol–water partition coefficient (Wildman–Crippen LogP) is 2.94. The van der Waals surface area contributed by atoms with E-state index in [9.17, 15) is 9.18 Å². The molecule has 3 aromatic rings. The van der Waals surface area contributed by atoms with Crippen molar-refractivity contribution in [2.45, 2.75) is 25.3 Å². The number of benzene rings is 1. The van der Waals surface area contributed by atoms with Crippen LogP contribution in [0.3, 0.4) is 0 Å². The topological polar surface area (TPSA) is 120 Å². The third-order valence-electron chi connectivity index (χ3n) is 6.50. The minimum atomic E-state index is -0.619. The van der Waals surface area contributed by atoms with Crippen molar-refractivity contribution in [3.8, 4) is 5.88 Å². The Labute approximate surface area is 223 Å². The first kappa shape index (κ1) is 26.3. The molecule has 2 atom stereocenters. The van der Waals surface area contributed by atoms with Gasteiger partial charge in [-0.05, 0) is 25.1 Å². The SMILES string of the molecule is COC(CNC(=O)c1nc(Cl)ccc1N[C@H](C)c1cc(F)cc2nc3c(nc12)N1CCOC[C@H]1CO3)OC. The number of methoxy groups -OCH3 is 2. The van der Waals surface area contributed by atoms with Gasteiger partial charge >= 0.3 is 0 Å². The number of carbonyl (C=O) groups excluding carboxylic acids is 1. The Hall–Kier alpha value is -3.32. The van der Waals surface area contributed by atoms with Crippen molar-refractivity contribution in [1.29, 1.82) is 0 Å². The summed E-state index contributed by atoms with van der Waals surface area (Å²) < 4.78 is 36.4. The van der Waals surface area contributed by atoms with Gasteiger partial charge in [0.05, 0.1) is 48.6 Å². The van der Waals surface area contributed by atoms with E-state index in [0.29, 0.717) is 60.3 Å². The number of nitrogens with zero attached hydrogens (tertiary/aromatic N) is 4. The van der Waals surface area contributed by atoms with E-state index in [0.717, 1.165) is 0 Å². The van der Waals surface area contributed by atoms with Crippen LogP contribution in [-0.2, 0) is 14.2 Å². The Balaban J connectivity index is 1.46. The van der Waals surface area contributed by atoms with Gasteiger partial charge in [-0.1, -0.05) is 11.6 Å². The lowest BCUT2D eigenvalue weighted by Crippen LogP contribution is -2.51.